The Morgan fingerprint density at radius 3 is 1.30 bits per heavy atom. The third kappa shape index (κ3) is 9.63. The summed E-state index contributed by atoms with van der Waals surface area (Å²) < 4.78 is 8.55. The Bertz CT molecular complexity index is 360. The fraction of sp³-hybridized carbons (Fsp3) is 0.500. The first-order valence-electron chi connectivity index (χ1n) is 5.84. The number of aldehydes is 2. The van der Waals surface area contributed by atoms with Gasteiger partial charge in [-0.1, -0.05) is 0 Å². The van der Waals surface area contributed by atoms with Crippen LogP contribution in [0.5, 0.6) is 0 Å². The molecule has 110 valence electrons. The molecule has 0 aliphatic heterocycles. The molecule has 8 heteroatoms. The number of rotatable bonds is 9. The van der Waals surface area contributed by atoms with Gasteiger partial charge >= 0.3 is 23.9 Å². The van der Waals surface area contributed by atoms with Crippen molar-refractivity contribution in [2.24, 2.45) is 0 Å². The Kier molecular flexibility index (Phi) is 9.28. The molecule has 8 nitrogen and oxygen atoms in total. The fourth-order valence-electron chi connectivity index (χ4n) is 1.11. The standard InChI is InChI=1S/C12H14O8/c13-7-5-11(17)19-9(15)3-1-2-4-10(16)20-12(18)6-8-14/h7-8H,1-6H2. The van der Waals surface area contributed by atoms with E-state index in [2.05, 4.69) is 9.47 Å². The molecular formula is C12H14O8. The first-order valence-corrected chi connectivity index (χ1v) is 5.84. The largest absolute Gasteiger partial charge is 0.393 e. The van der Waals surface area contributed by atoms with E-state index in [9.17, 15) is 28.8 Å². The van der Waals surface area contributed by atoms with Crippen molar-refractivity contribution in [1.82, 2.24) is 0 Å². The molecule has 0 fully saturated rings. The van der Waals surface area contributed by atoms with E-state index in [1.54, 1.807) is 0 Å². The van der Waals surface area contributed by atoms with Crippen molar-refractivity contribution in [2.45, 2.75) is 38.5 Å². The minimum absolute atomic E-state index is 0.0971. The molecule has 0 N–H and O–H groups in total. The fourth-order valence-corrected chi connectivity index (χ4v) is 1.11. The molecule has 0 aromatic carbocycles. The molecular weight excluding hydrogens is 272 g/mol. The van der Waals surface area contributed by atoms with Gasteiger partial charge in [0.15, 0.2) is 0 Å². The van der Waals surface area contributed by atoms with Gasteiger partial charge < -0.3 is 19.1 Å². The van der Waals surface area contributed by atoms with E-state index in [-0.39, 0.29) is 25.7 Å². The summed E-state index contributed by atoms with van der Waals surface area (Å²) in [5.74, 6) is -3.43. The van der Waals surface area contributed by atoms with Crippen LogP contribution in [0, 0.1) is 0 Å². The maximum Gasteiger partial charge on any atom is 0.320 e. The van der Waals surface area contributed by atoms with Gasteiger partial charge in [-0.3, -0.25) is 19.2 Å². The van der Waals surface area contributed by atoms with Gasteiger partial charge in [0.05, 0.1) is 0 Å². The Labute approximate surface area is 114 Å². The number of carbonyl (C=O) groups is 6. The van der Waals surface area contributed by atoms with Crippen molar-refractivity contribution < 1.29 is 38.2 Å². The molecule has 0 radical (unpaired) electrons. The van der Waals surface area contributed by atoms with Crippen molar-refractivity contribution in [3.05, 3.63) is 0 Å². The Balaban J connectivity index is 3.70. The average molecular weight is 286 g/mol. The van der Waals surface area contributed by atoms with Crippen LogP contribution in [0.3, 0.4) is 0 Å². The van der Waals surface area contributed by atoms with Gasteiger partial charge in [0, 0.05) is 12.8 Å². The first kappa shape index (κ1) is 17.6. The summed E-state index contributed by atoms with van der Waals surface area (Å²) in [5.41, 5.74) is 0. The van der Waals surface area contributed by atoms with Crippen LogP contribution < -0.4 is 0 Å². The minimum Gasteiger partial charge on any atom is -0.393 e. The van der Waals surface area contributed by atoms with Gasteiger partial charge in [-0.2, -0.15) is 0 Å². The quantitative estimate of drug-likeness (QED) is 0.248. The highest BCUT2D eigenvalue weighted by atomic mass is 16.6. The van der Waals surface area contributed by atoms with Gasteiger partial charge in [0.25, 0.3) is 0 Å². The minimum atomic E-state index is -0.927. The molecule has 0 aromatic rings. The number of ether oxygens (including phenoxy) is 2. The molecule has 0 aliphatic carbocycles. The SMILES string of the molecule is O=CCC(=O)OC(=O)CCCCC(=O)OC(=O)CC=O. The molecule has 0 bridgehead atoms. The van der Waals surface area contributed by atoms with Crippen LogP contribution in [0.4, 0.5) is 0 Å². The summed E-state index contributed by atoms with van der Waals surface area (Å²) in [6.07, 6.45) is -0.0214. The van der Waals surface area contributed by atoms with Crippen LogP contribution in [-0.4, -0.2) is 36.4 Å². The lowest BCUT2D eigenvalue weighted by molar-refractivity contribution is -0.162. The molecule has 0 saturated carbocycles. The lowest BCUT2D eigenvalue weighted by Crippen LogP contribution is -2.13. The summed E-state index contributed by atoms with van der Waals surface area (Å²) >= 11 is 0. The molecule has 0 aliphatic rings. The second-order valence-electron chi connectivity index (χ2n) is 3.64. The van der Waals surface area contributed by atoms with E-state index in [4.69, 9.17) is 0 Å². The zero-order chi connectivity index (χ0) is 15.4. The molecule has 0 spiro atoms. The molecule has 0 unspecified atom stereocenters. The van der Waals surface area contributed by atoms with Crippen LogP contribution >= 0.6 is 0 Å². The second kappa shape index (κ2) is 10.5. The Morgan fingerprint density at radius 2 is 1.00 bits per heavy atom. The predicted octanol–water partition coefficient (Wildman–Crippen LogP) is -0.136. The van der Waals surface area contributed by atoms with Crippen LogP contribution in [0.25, 0.3) is 0 Å². The molecule has 0 saturated heterocycles. The van der Waals surface area contributed by atoms with Crippen LogP contribution in [0.15, 0.2) is 0 Å². The van der Waals surface area contributed by atoms with Crippen molar-refractivity contribution in [3.63, 3.8) is 0 Å². The summed E-state index contributed by atoms with van der Waals surface area (Å²) in [6, 6.07) is 0. The summed E-state index contributed by atoms with van der Waals surface area (Å²) in [6.45, 7) is 0. The third-order valence-corrected chi connectivity index (χ3v) is 1.97. The topological polar surface area (TPSA) is 121 Å². The lowest BCUT2D eigenvalue weighted by atomic mass is 10.2. The van der Waals surface area contributed by atoms with Gasteiger partial charge in [0.1, 0.15) is 25.4 Å². The number of unbranched alkanes of at least 4 members (excludes halogenated alkanes) is 1. The maximum absolute atomic E-state index is 11.1. The van der Waals surface area contributed by atoms with Gasteiger partial charge in [-0.25, -0.2) is 0 Å². The third-order valence-electron chi connectivity index (χ3n) is 1.97. The highest BCUT2D eigenvalue weighted by molar-refractivity contribution is 5.92. The van der Waals surface area contributed by atoms with E-state index in [1.807, 2.05) is 0 Å². The molecule has 0 atom stereocenters. The summed E-state index contributed by atoms with van der Waals surface area (Å²) in [5, 5.41) is 0. The predicted molar refractivity (Wildman–Crippen MR) is 62.0 cm³/mol. The van der Waals surface area contributed by atoms with Gasteiger partial charge in [-0.15, -0.1) is 0 Å². The highest BCUT2D eigenvalue weighted by Crippen LogP contribution is 2.04. The number of hydrogen-bond acceptors (Lipinski definition) is 8. The normalized spacial score (nSPS) is 9.40. The summed E-state index contributed by atoms with van der Waals surface area (Å²) in [7, 11) is 0. The number of esters is 4. The van der Waals surface area contributed by atoms with Crippen molar-refractivity contribution in [2.75, 3.05) is 0 Å². The zero-order valence-electron chi connectivity index (χ0n) is 10.7. The van der Waals surface area contributed by atoms with E-state index < -0.39 is 36.7 Å². The van der Waals surface area contributed by atoms with Crippen LogP contribution in [0.1, 0.15) is 38.5 Å². The molecule has 20 heavy (non-hydrogen) atoms. The average Bonchev–Trinajstić information content (AvgIpc) is 2.35. The molecule has 0 aromatic heterocycles. The van der Waals surface area contributed by atoms with E-state index in [1.165, 1.54) is 0 Å². The van der Waals surface area contributed by atoms with E-state index in [0.717, 1.165) is 0 Å². The molecule has 0 amide bonds. The number of carbonyl (C=O) groups excluding carboxylic acids is 6. The zero-order valence-corrected chi connectivity index (χ0v) is 10.7. The van der Waals surface area contributed by atoms with Crippen LogP contribution in [-0.2, 0) is 38.2 Å². The van der Waals surface area contributed by atoms with Crippen molar-refractivity contribution in [3.8, 4) is 0 Å². The lowest BCUT2D eigenvalue weighted by Gasteiger charge is -2.02. The van der Waals surface area contributed by atoms with Gasteiger partial charge in [0.2, 0.25) is 0 Å². The van der Waals surface area contributed by atoms with Gasteiger partial charge in [-0.05, 0) is 12.8 Å². The second-order valence-corrected chi connectivity index (χ2v) is 3.64. The molecule has 0 rings (SSSR count). The molecule has 0 heterocycles. The number of hydrogen-bond donors (Lipinski definition) is 0. The van der Waals surface area contributed by atoms with Crippen LogP contribution in [0.2, 0.25) is 0 Å². The van der Waals surface area contributed by atoms with E-state index >= 15 is 0 Å². The van der Waals surface area contributed by atoms with Crippen molar-refractivity contribution in [1.29, 1.82) is 0 Å². The monoisotopic (exact) mass is 286 g/mol. The highest BCUT2D eigenvalue weighted by Gasteiger charge is 2.12. The van der Waals surface area contributed by atoms with E-state index in [0.29, 0.717) is 12.6 Å². The summed E-state index contributed by atoms with van der Waals surface area (Å²) in [4.78, 5) is 63.6. The first-order chi connectivity index (χ1) is 9.49. The smallest absolute Gasteiger partial charge is 0.320 e. The Hall–Kier alpha value is -2.38. The maximum atomic E-state index is 11.1. The Morgan fingerprint density at radius 1 is 0.650 bits per heavy atom. The van der Waals surface area contributed by atoms with Crippen molar-refractivity contribution >= 4 is 36.4 Å².